The Morgan fingerprint density at radius 3 is 2.36 bits per heavy atom. The first-order valence-electron chi connectivity index (χ1n) is 9.53. The predicted octanol–water partition coefficient (Wildman–Crippen LogP) is 2.08. The number of nitrogens with one attached hydrogen (secondary N) is 2. The molecule has 0 aromatic heterocycles. The fourth-order valence-electron chi connectivity index (χ4n) is 3.79. The van der Waals surface area contributed by atoms with Crippen molar-refractivity contribution in [1.29, 1.82) is 0 Å². The lowest BCUT2D eigenvalue weighted by atomic mass is 9.80. The van der Waals surface area contributed by atoms with Crippen molar-refractivity contribution in [3.05, 3.63) is 0 Å². The summed E-state index contributed by atoms with van der Waals surface area (Å²) in [5.41, 5.74) is -0.405. The molecule has 1 aliphatic rings. The molecule has 144 valence electrons. The van der Waals surface area contributed by atoms with Crippen molar-refractivity contribution in [2.45, 2.75) is 78.8 Å². The van der Waals surface area contributed by atoms with Crippen LogP contribution in [-0.2, 0) is 14.4 Å². The maximum Gasteiger partial charge on any atom is 0.245 e. The summed E-state index contributed by atoms with van der Waals surface area (Å²) in [5, 5.41) is 5.18. The largest absolute Gasteiger partial charge is 0.350 e. The molecule has 1 fully saturated rings. The lowest BCUT2D eigenvalue weighted by Crippen LogP contribution is -2.59. The van der Waals surface area contributed by atoms with Crippen molar-refractivity contribution in [1.82, 2.24) is 15.5 Å². The second kappa shape index (κ2) is 9.78. The fraction of sp³-hybridized carbons (Fsp3) is 0.842. The van der Waals surface area contributed by atoms with Gasteiger partial charge in [-0.2, -0.15) is 0 Å². The Hall–Kier alpha value is -1.59. The fourth-order valence-corrected chi connectivity index (χ4v) is 3.79. The average Bonchev–Trinajstić information content (AvgIpc) is 2.57. The predicted molar refractivity (Wildman–Crippen MR) is 98.9 cm³/mol. The van der Waals surface area contributed by atoms with E-state index in [-0.39, 0.29) is 24.4 Å². The van der Waals surface area contributed by atoms with Crippen LogP contribution in [0, 0.1) is 11.3 Å². The van der Waals surface area contributed by atoms with E-state index >= 15 is 0 Å². The summed E-state index contributed by atoms with van der Waals surface area (Å²) in [5.74, 6) is 0.178. The summed E-state index contributed by atoms with van der Waals surface area (Å²) in [6, 6.07) is -0.348. The number of nitrogens with zero attached hydrogens (tertiary/aromatic N) is 1. The molecule has 3 amide bonds. The van der Waals surface area contributed by atoms with Gasteiger partial charge in [-0.1, -0.05) is 47.0 Å². The number of hydrogen-bond acceptors (Lipinski definition) is 3. The Kier molecular flexibility index (Phi) is 8.39. The van der Waals surface area contributed by atoms with Crippen LogP contribution >= 0.6 is 0 Å². The van der Waals surface area contributed by atoms with Gasteiger partial charge in [-0.3, -0.25) is 14.4 Å². The van der Waals surface area contributed by atoms with Gasteiger partial charge in [0.05, 0.1) is 6.54 Å². The molecule has 0 bridgehead atoms. The minimum absolute atomic E-state index is 0.0141. The van der Waals surface area contributed by atoms with Crippen molar-refractivity contribution in [2.75, 3.05) is 13.1 Å². The van der Waals surface area contributed by atoms with Gasteiger partial charge in [0, 0.05) is 12.6 Å². The molecule has 0 heterocycles. The average molecular weight is 354 g/mol. The Labute approximate surface area is 152 Å². The van der Waals surface area contributed by atoms with E-state index in [9.17, 15) is 14.4 Å². The molecule has 2 N–H and O–H groups in total. The molecule has 1 aliphatic carbocycles. The minimum Gasteiger partial charge on any atom is -0.350 e. The summed E-state index contributed by atoms with van der Waals surface area (Å²) in [6.45, 7) is 10.6. The number of hydrogen-bond donors (Lipinski definition) is 2. The molecule has 0 aromatic carbocycles. The third-order valence-corrected chi connectivity index (χ3v) is 5.18. The quantitative estimate of drug-likeness (QED) is 0.656. The van der Waals surface area contributed by atoms with Crippen LogP contribution in [0.15, 0.2) is 0 Å². The highest BCUT2D eigenvalue weighted by Gasteiger charge is 2.39. The minimum atomic E-state index is -0.604. The molecule has 0 aromatic rings. The highest BCUT2D eigenvalue weighted by Crippen LogP contribution is 2.32. The molecule has 6 nitrogen and oxygen atoms in total. The van der Waals surface area contributed by atoms with Gasteiger partial charge in [0.1, 0.15) is 6.04 Å². The molecule has 1 unspecified atom stereocenters. The van der Waals surface area contributed by atoms with Gasteiger partial charge >= 0.3 is 0 Å². The van der Waals surface area contributed by atoms with Gasteiger partial charge in [0.15, 0.2) is 0 Å². The molecule has 6 heteroatoms. The van der Waals surface area contributed by atoms with Crippen LogP contribution in [0.4, 0.5) is 0 Å². The third kappa shape index (κ3) is 6.01. The first-order valence-corrected chi connectivity index (χ1v) is 9.53. The Bertz CT molecular complexity index is 459. The van der Waals surface area contributed by atoms with E-state index in [1.807, 2.05) is 32.6 Å². The molecule has 0 aliphatic heterocycles. The van der Waals surface area contributed by atoms with E-state index in [2.05, 4.69) is 17.6 Å². The summed E-state index contributed by atoms with van der Waals surface area (Å²) in [7, 11) is 0. The maximum atomic E-state index is 13.3. The second-order valence-electron chi connectivity index (χ2n) is 8.01. The van der Waals surface area contributed by atoms with Crippen molar-refractivity contribution < 1.29 is 14.4 Å². The Morgan fingerprint density at radius 2 is 1.84 bits per heavy atom. The lowest BCUT2D eigenvalue weighted by molar-refractivity contribution is -0.143. The van der Waals surface area contributed by atoms with E-state index in [1.165, 1.54) is 12.8 Å². The molecular formula is C19H35N3O3. The summed E-state index contributed by atoms with van der Waals surface area (Å²) in [4.78, 5) is 37.7. The molecule has 3 atom stereocenters. The van der Waals surface area contributed by atoms with Crippen LogP contribution in [0.3, 0.4) is 0 Å². The van der Waals surface area contributed by atoms with E-state index in [4.69, 9.17) is 0 Å². The van der Waals surface area contributed by atoms with Gasteiger partial charge in [-0.25, -0.2) is 0 Å². The molecule has 0 saturated heterocycles. The summed E-state index contributed by atoms with van der Waals surface area (Å²) in [6.07, 6.45) is 6.15. The zero-order chi connectivity index (χ0) is 19.0. The highest BCUT2D eigenvalue weighted by atomic mass is 16.2. The topological polar surface area (TPSA) is 78.5 Å². The number of carbonyl (C=O) groups excluding carboxylic acids is 3. The standard InChI is InChI=1S/C19H35N3O3/c1-6-14-10-8-9-11-15(14)22(7-2)18(25)17(19(3,4)5)21-16(24)12-20-13-23/h13-15,17H,6-12H2,1-5H3,(H,20,23)(H,21,24)/t14-,15+,17?/m1/s1. The summed E-state index contributed by atoms with van der Waals surface area (Å²) >= 11 is 0. The van der Waals surface area contributed by atoms with Crippen molar-refractivity contribution >= 4 is 18.2 Å². The van der Waals surface area contributed by atoms with Crippen LogP contribution < -0.4 is 10.6 Å². The van der Waals surface area contributed by atoms with E-state index < -0.39 is 11.5 Å². The normalized spacial score (nSPS) is 22.0. The zero-order valence-electron chi connectivity index (χ0n) is 16.4. The van der Waals surface area contributed by atoms with Crippen molar-refractivity contribution in [3.63, 3.8) is 0 Å². The van der Waals surface area contributed by atoms with E-state index in [0.717, 1.165) is 19.3 Å². The van der Waals surface area contributed by atoms with Gasteiger partial charge in [0.25, 0.3) is 0 Å². The molecule has 0 spiro atoms. The van der Waals surface area contributed by atoms with Crippen molar-refractivity contribution in [2.24, 2.45) is 11.3 Å². The van der Waals surface area contributed by atoms with Crippen LogP contribution in [0.2, 0.25) is 0 Å². The number of rotatable bonds is 8. The summed E-state index contributed by atoms with van der Waals surface area (Å²) < 4.78 is 0. The van der Waals surface area contributed by atoms with Crippen LogP contribution in [0.25, 0.3) is 0 Å². The number of amides is 3. The van der Waals surface area contributed by atoms with Gasteiger partial charge in [-0.05, 0) is 31.1 Å². The molecule has 0 radical (unpaired) electrons. The van der Waals surface area contributed by atoms with Crippen molar-refractivity contribution in [3.8, 4) is 0 Å². The van der Waals surface area contributed by atoms with Crippen LogP contribution in [0.1, 0.15) is 66.7 Å². The number of carbonyl (C=O) groups is 3. The highest BCUT2D eigenvalue weighted by molar-refractivity contribution is 5.89. The maximum absolute atomic E-state index is 13.3. The Morgan fingerprint density at radius 1 is 1.20 bits per heavy atom. The zero-order valence-corrected chi connectivity index (χ0v) is 16.4. The Balaban J connectivity index is 2.96. The van der Waals surface area contributed by atoms with Gasteiger partial charge in [0.2, 0.25) is 18.2 Å². The molecular weight excluding hydrogens is 318 g/mol. The molecule has 1 saturated carbocycles. The third-order valence-electron chi connectivity index (χ3n) is 5.18. The number of likely N-dealkylation sites (N-methyl/N-ethyl adjacent to an activating group) is 1. The van der Waals surface area contributed by atoms with Gasteiger partial charge in [-0.15, -0.1) is 0 Å². The molecule has 25 heavy (non-hydrogen) atoms. The monoisotopic (exact) mass is 353 g/mol. The van der Waals surface area contributed by atoms with Crippen LogP contribution in [-0.4, -0.2) is 48.3 Å². The van der Waals surface area contributed by atoms with Gasteiger partial charge < -0.3 is 15.5 Å². The van der Waals surface area contributed by atoms with Crippen LogP contribution in [0.5, 0.6) is 0 Å². The smallest absolute Gasteiger partial charge is 0.245 e. The first kappa shape index (κ1) is 21.5. The first-order chi connectivity index (χ1) is 11.8. The van der Waals surface area contributed by atoms with E-state index in [1.54, 1.807) is 0 Å². The second-order valence-corrected chi connectivity index (χ2v) is 8.01. The molecule has 1 rings (SSSR count). The SMILES string of the molecule is CC[C@@H]1CCCC[C@@H]1N(CC)C(=O)C(NC(=O)CNC=O)C(C)(C)C. The lowest BCUT2D eigenvalue weighted by Gasteiger charge is -2.43. The van der Waals surface area contributed by atoms with E-state index in [0.29, 0.717) is 18.9 Å².